The minimum Gasteiger partial charge on any atom is -0.300 e. The summed E-state index contributed by atoms with van der Waals surface area (Å²) in [5.74, 6) is -0.180. The molecule has 0 spiro atoms. The summed E-state index contributed by atoms with van der Waals surface area (Å²) in [4.78, 5) is 2.43. The van der Waals surface area contributed by atoms with Gasteiger partial charge in [-0.1, -0.05) is 38.1 Å². The number of rotatable bonds is 7. The van der Waals surface area contributed by atoms with Gasteiger partial charge >= 0.3 is 0 Å². The summed E-state index contributed by atoms with van der Waals surface area (Å²) >= 11 is 0. The van der Waals surface area contributed by atoms with Crippen LogP contribution < -0.4 is 0 Å². The second kappa shape index (κ2) is 8.02. The van der Waals surface area contributed by atoms with E-state index in [0.717, 1.165) is 25.2 Å². The molecule has 0 aromatic heterocycles. The molecule has 0 N–H and O–H groups in total. The Kier molecular flexibility index (Phi) is 6.56. The maximum Gasteiger partial charge on any atom is 0.123 e. The molecule has 0 aliphatic heterocycles. The van der Waals surface area contributed by atoms with Gasteiger partial charge in [0.1, 0.15) is 5.82 Å². The third kappa shape index (κ3) is 5.64. The Hall–Kier alpha value is -1.15. The Morgan fingerprint density at radius 3 is 2.18 bits per heavy atom. The fraction of sp³-hybridized carbons (Fsp3) is 0.467. The molecule has 0 aliphatic rings. The molecule has 0 fully saturated rings. The molecule has 0 aliphatic carbocycles. The number of hydrogen-bond donors (Lipinski definition) is 0. The summed E-state index contributed by atoms with van der Waals surface area (Å²) in [6.45, 7) is 7.65. The number of halogens is 1. The molecule has 0 amide bonds. The molecule has 17 heavy (non-hydrogen) atoms. The van der Waals surface area contributed by atoms with E-state index in [-0.39, 0.29) is 5.82 Å². The van der Waals surface area contributed by atoms with E-state index in [1.165, 1.54) is 25.0 Å². The van der Waals surface area contributed by atoms with Crippen LogP contribution in [0.25, 0.3) is 6.08 Å². The van der Waals surface area contributed by atoms with E-state index in [0.29, 0.717) is 0 Å². The van der Waals surface area contributed by atoms with Gasteiger partial charge in [0.15, 0.2) is 0 Å². The first-order valence-electron chi connectivity index (χ1n) is 6.40. The predicted molar refractivity (Wildman–Crippen MR) is 72.5 cm³/mol. The minimum absolute atomic E-state index is 0.180. The van der Waals surface area contributed by atoms with Crippen molar-refractivity contribution in [3.63, 3.8) is 0 Å². The second-order valence-corrected chi connectivity index (χ2v) is 4.25. The van der Waals surface area contributed by atoms with Crippen molar-refractivity contribution in [1.82, 2.24) is 4.90 Å². The molecule has 2 heteroatoms. The molecule has 1 aromatic rings. The molecule has 0 radical (unpaired) electrons. The van der Waals surface area contributed by atoms with E-state index >= 15 is 0 Å². The Morgan fingerprint density at radius 2 is 1.65 bits per heavy atom. The SMILES string of the molecule is CCCN(C/C=C/c1ccc(F)cc1)CCC. The van der Waals surface area contributed by atoms with E-state index < -0.39 is 0 Å². The fourth-order valence-electron chi connectivity index (χ4n) is 1.84. The topological polar surface area (TPSA) is 3.24 Å². The Labute approximate surface area is 104 Å². The smallest absolute Gasteiger partial charge is 0.123 e. The van der Waals surface area contributed by atoms with Crippen LogP contribution in [0.1, 0.15) is 32.3 Å². The van der Waals surface area contributed by atoms with Gasteiger partial charge < -0.3 is 0 Å². The Morgan fingerprint density at radius 1 is 1.06 bits per heavy atom. The van der Waals surface area contributed by atoms with Crippen molar-refractivity contribution in [2.75, 3.05) is 19.6 Å². The number of nitrogens with zero attached hydrogens (tertiary/aromatic N) is 1. The molecule has 1 aromatic carbocycles. The first-order valence-corrected chi connectivity index (χ1v) is 6.40. The zero-order chi connectivity index (χ0) is 12.5. The van der Waals surface area contributed by atoms with Gasteiger partial charge in [0, 0.05) is 6.54 Å². The van der Waals surface area contributed by atoms with Gasteiger partial charge in [0.25, 0.3) is 0 Å². The molecule has 0 unspecified atom stereocenters. The van der Waals surface area contributed by atoms with Crippen molar-refractivity contribution >= 4 is 6.08 Å². The van der Waals surface area contributed by atoms with Crippen molar-refractivity contribution in [2.24, 2.45) is 0 Å². The lowest BCUT2D eigenvalue weighted by Crippen LogP contribution is -2.25. The summed E-state index contributed by atoms with van der Waals surface area (Å²) in [5.41, 5.74) is 1.05. The lowest BCUT2D eigenvalue weighted by molar-refractivity contribution is 0.304. The summed E-state index contributed by atoms with van der Waals surface area (Å²) in [5, 5.41) is 0. The van der Waals surface area contributed by atoms with Gasteiger partial charge in [0.2, 0.25) is 0 Å². The average Bonchev–Trinajstić information content (AvgIpc) is 2.32. The monoisotopic (exact) mass is 235 g/mol. The maximum absolute atomic E-state index is 12.7. The first-order chi connectivity index (χ1) is 8.26. The Bertz CT molecular complexity index is 323. The second-order valence-electron chi connectivity index (χ2n) is 4.25. The maximum atomic E-state index is 12.7. The van der Waals surface area contributed by atoms with E-state index in [9.17, 15) is 4.39 Å². The lowest BCUT2D eigenvalue weighted by atomic mass is 10.2. The van der Waals surface area contributed by atoms with Crippen LogP contribution in [0.15, 0.2) is 30.3 Å². The lowest BCUT2D eigenvalue weighted by Gasteiger charge is -2.18. The van der Waals surface area contributed by atoms with E-state index in [2.05, 4.69) is 30.9 Å². The summed E-state index contributed by atoms with van der Waals surface area (Å²) in [7, 11) is 0. The largest absolute Gasteiger partial charge is 0.300 e. The molecule has 1 nitrogen and oxygen atoms in total. The molecule has 0 saturated carbocycles. The number of benzene rings is 1. The highest BCUT2D eigenvalue weighted by molar-refractivity contribution is 5.48. The minimum atomic E-state index is -0.180. The van der Waals surface area contributed by atoms with Gasteiger partial charge in [-0.3, -0.25) is 4.90 Å². The molecule has 0 saturated heterocycles. The van der Waals surface area contributed by atoms with Gasteiger partial charge in [-0.05, 0) is 43.6 Å². The van der Waals surface area contributed by atoms with E-state index in [1.54, 1.807) is 12.1 Å². The Balaban J connectivity index is 2.44. The highest BCUT2D eigenvalue weighted by atomic mass is 19.1. The summed E-state index contributed by atoms with van der Waals surface area (Å²) in [6, 6.07) is 6.59. The van der Waals surface area contributed by atoms with Crippen LogP contribution >= 0.6 is 0 Å². The highest BCUT2D eigenvalue weighted by Crippen LogP contribution is 2.05. The first kappa shape index (κ1) is 13.9. The molecular weight excluding hydrogens is 213 g/mol. The van der Waals surface area contributed by atoms with Crippen molar-refractivity contribution in [3.8, 4) is 0 Å². The molecule has 1 rings (SSSR count). The van der Waals surface area contributed by atoms with Crippen LogP contribution in [-0.4, -0.2) is 24.5 Å². The van der Waals surface area contributed by atoms with Gasteiger partial charge in [-0.25, -0.2) is 4.39 Å². The van der Waals surface area contributed by atoms with E-state index in [1.807, 2.05) is 0 Å². The van der Waals surface area contributed by atoms with Crippen LogP contribution in [0, 0.1) is 5.82 Å². The van der Waals surface area contributed by atoms with Crippen molar-refractivity contribution in [1.29, 1.82) is 0 Å². The fourth-order valence-corrected chi connectivity index (χ4v) is 1.84. The molecular formula is C15H22FN. The van der Waals surface area contributed by atoms with E-state index in [4.69, 9.17) is 0 Å². The number of hydrogen-bond acceptors (Lipinski definition) is 1. The van der Waals surface area contributed by atoms with Crippen molar-refractivity contribution < 1.29 is 4.39 Å². The van der Waals surface area contributed by atoms with Crippen LogP contribution in [0.3, 0.4) is 0 Å². The van der Waals surface area contributed by atoms with Gasteiger partial charge in [0.05, 0.1) is 0 Å². The third-order valence-corrected chi connectivity index (χ3v) is 2.62. The van der Waals surface area contributed by atoms with Gasteiger partial charge in [-0.15, -0.1) is 0 Å². The van der Waals surface area contributed by atoms with Crippen molar-refractivity contribution in [2.45, 2.75) is 26.7 Å². The quantitative estimate of drug-likeness (QED) is 0.691. The average molecular weight is 235 g/mol. The molecule has 0 atom stereocenters. The molecule has 0 heterocycles. The van der Waals surface area contributed by atoms with Crippen LogP contribution in [-0.2, 0) is 0 Å². The molecule has 0 bridgehead atoms. The molecule has 94 valence electrons. The van der Waals surface area contributed by atoms with Crippen LogP contribution in [0.4, 0.5) is 4.39 Å². The standard InChI is InChI=1S/C15H22FN/c1-3-11-17(12-4-2)13-5-6-14-7-9-15(16)10-8-14/h5-10H,3-4,11-13H2,1-2H3/b6-5+. The van der Waals surface area contributed by atoms with Crippen LogP contribution in [0.5, 0.6) is 0 Å². The normalized spacial score (nSPS) is 11.5. The predicted octanol–water partition coefficient (Wildman–Crippen LogP) is 3.96. The van der Waals surface area contributed by atoms with Gasteiger partial charge in [-0.2, -0.15) is 0 Å². The third-order valence-electron chi connectivity index (χ3n) is 2.62. The summed E-state index contributed by atoms with van der Waals surface area (Å²) < 4.78 is 12.7. The zero-order valence-corrected chi connectivity index (χ0v) is 10.8. The highest BCUT2D eigenvalue weighted by Gasteiger charge is 1.98. The zero-order valence-electron chi connectivity index (χ0n) is 10.8. The van der Waals surface area contributed by atoms with Crippen molar-refractivity contribution in [3.05, 3.63) is 41.7 Å². The summed E-state index contributed by atoms with van der Waals surface area (Å²) in [6.07, 6.45) is 6.57. The van der Waals surface area contributed by atoms with Crippen LogP contribution in [0.2, 0.25) is 0 Å².